The zero-order valence-electron chi connectivity index (χ0n) is 13.1. The van der Waals surface area contributed by atoms with Gasteiger partial charge in [-0.05, 0) is 17.7 Å². The maximum absolute atomic E-state index is 5.95. The molecule has 0 spiro atoms. The zero-order chi connectivity index (χ0) is 16.2. The van der Waals surface area contributed by atoms with Crippen LogP contribution in [0.25, 0.3) is 10.9 Å². The molecule has 0 aliphatic carbocycles. The van der Waals surface area contributed by atoms with Gasteiger partial charge in [0.05, 0.1) is 10.7 Å². The Morgan fingerprint density at radius 2 is 1.79 bits per heavy atom. The molecule has 0 amide bonds. The topological polar surface area (TPSA) is 35.0 Å². The first kappa shape index (κ1) is 14.8. The Morgan fingerprint density at radius 1 is 0.917 bits per heavy atom. The summed E-state index contributed by atoms with van der Waals surface area (Å²) >= 11 is 1.68. The van der Waals surface area contributed by atoms with Crippen molar-refractivity contribution in [2.24, 2.45) is 0 Å². The van der Waals surface area contributed by atoms with Gasteiger partial charge in [-0.2, -0.15) is 0 Å². The first-order valence-corrected chi connectivity index (χ1v) is 8.70. The third kappa shape index (κ3) is 3.29. The highest BCUT2D eigenvalue weighted by Gasteiger charge is 2.06. The molecule has 0 bridgehead atoms. The van der Waals surface area contributed by atoms with E-state index in [-0.39, 0.29) is 0 Å². The molecule has 118 valence electrons. The summed E-state index contributed by atoms with van der Waals surface area (Å²) in [5.41, 5.74) is 3.12. The summed E-state index contributed by atoms with van der Waals surface area (Å²) in [5.74, 6) is 0.797. The van der Waals surface area contributed by atoms with Gasteiger partial charge in [0.15, 0.2) is 0 Å². The summed E-state index contributed by atoms with van der Waals surface area (Å²) in [5, 5.41) is 4.26. The van der Waals surface area contributed by atoms with Gasteiger partial charge in [-0.3, -0.25) is 4.98 Å². The minimum absolute atomic E-state index is 0.459. The quantitative estimate of drug-likeness (QED) is 0.523. The van der Waals surface area contributed by atoms with E-state index >= 15 is 0 Å². The van der Waals surface area contributed by atoms with E-state index in [0.717, 1.165) is 33.8 Å². The van der Waals surface area contributed by atoms with E-state index in [1.165, 1.54) is 5.56 Å². The van der Waals surface area contributed by atoms with Crippen LogP contribution in [-0.2, 0) is 13.0 Å². The van der Waals surface area contributed by atoms with E-state index in [1.807, 2.05) is 36.4 Å². The molecule has 0 unspecified atom stereocenters. The number of ether oxygens (including phenoxy) is 1. The molecule has 4 rings (SSSR count). The van der Waals surface area contributed by atoms with Crippen LogP contribution in [0.15, 0.2) is 72.2 Å². The predicted octanol–water partition coefficient (Wildman–Crippen LogP) is 4.86. The van der Waals surface area contributed by atoms with Crippen molar-refractivity contribution < 1.29 is 4.74 Å². The molecule has 3 nitrogen and oxygen atoms in total. The lowest BCUT2D eigenvalue weighted by molar-refractivity contribution is 0.305. The minimum Gasteiger partial charge on any atom is -0.485 e. The highest BCUT2D eigenvalue weighted by atomic mass is 32.1. The van der Waals surface area contributed by atoms with Crippen molar-refractivity contribution in [3.8, 4) is 5.75 Å². The number of pyridine rings is 1. The predicted molar refractivity (Wildman–Crippen MR) is 97.4 cm³/mol. The number of aromatic nitrogens is 2. The number of rotatable bonds is 5. The second-order valence-corrected chi connectivity index (χ2v) is 6.46. The van der Waals surface area contributed by atoms with Crippen molar-refractivity contribution in [3.63, 3.8) is 0 Å². The number of nitrogens with zero attached hydrogens (tertiary/aromatic N) is 2. The van der Waals surface area contributed by atoms with Gasteiger partial charge in [0.25, 0.3) is 0 Å². The summed E-state index contributed by atoms with van der Waals surface area (Å²) in [4.78, 5) is 9.09. The molecule has 0 aliphatic rings. The molecular weight excluding hydrogens is 316 g/mol. The molecule has 2 aromatic heterocycles. The van der Waals surface area contributed by atoms with Gasteiger partial charge in [-0.15, -0.1) is 11.3 Å². The summed E-state index contributed by atoms with van der Waals surface area (Å²) in [6, 6.07) is 20.3. The highest BCUT2D eigenvalue weighted by molar-refractivity contribution is 7.09. The number of fused-ring (bicyclic) bond motifs is 1. The maximum Gasteiger partial charge on any atom is 0.146 e. The van der Waals surface area contributed by atoms with Crippen LogP contribution in [0.4, 0.5) is 0 Å². The summed E-state index contributed by atoms with van der Waals surface area (Å²) in [6.07, 6.45) is 2.65. The lowest BCUT2D eigenvalue weighted by Crippen LogP contribution is -1.97. The number of hydrogen-bond acceptors (Lipinski definition) is 4. The lowest BCUT2D eigenvalue weighted by atomic mass is 10.2. The molecule has 24 heavy (non-hydrogen) atoms. The van der Waals surface area contributed by atoms with Gasteiger partial charge in [-0.1, -0.05) is 48.5 Å². The third-order valence-electron chi connectivity index (χ3n) is 3.77. The SMILES string of the molecule is c1ccc(Cc2nc(COc3cccc4cccnc34)cs2)cc1. The van der Waals surface area contributed by atoms with Crippen LogP contribution in [0.3, 0.4) is 0 Å². The van der Waals surface area contributed by atoms with Crippen molar-refractivity contribution in [1.82, 2.24) is 9.97 Å². The second-order valence-electron chi connectivity index (χ2n) is 5.51. The minimum atomic E-state index is 0.459. The van der Waals surface area contributed by atoms with Gasteiger partial charge in [0, 0.05) is 23.4 Å². The van der Waals surface area contributed by atoms with E-state index in [1.54, 1.807) is 17.5 Å². The number of hydrogen-bond donors (Lipinski definition) is 0. The molecule has 4 aromatic rings. The van der Waals surface area contributed by atoms with Crippen molar-refractivity contribution in [2.75, 3.05) is 0 Å². The Bertz CT molecular complexity index is 945. The third-order valence-corrected chi connectivity index (χ3v) is 4.67. The van der Waals surface area contributed by atoms with Crippen molar-refractivity contribution in [3.05, 3.63) is 88.5 Å². The van der Waals surface area contributed by atoms with Gasteiger partial charge in [0.1, 0.15) is 17.9 Å². The fourth-order valence-corrected chi connectivity index (χ4v) is 3.42. The zero-order valence-corrected chi connectivity index (χ0v) is 13.9. The van der Waals surface area contributed by atoms with E-state index in [0.29, 0.717) is 6.61 Å². The number of para-hydroxylation sites is 1. The number of benzene rings is 2. The monoisotopic (exact) mass is 332 g/mol. The fraction of sp³-hybridized carbons (Fsp3) is 0.100. The van der Waals surface area contributed by atoms with Gasteiger partial charge in [0.2, 0.25) is 0 Å². The van der Waals surface area contributed by atoms with Crippen LogP contribution in [-0.4, -0.2) is 9.97 Å². The number of thiazole rings is 1. The first-order chi connectivity index (χ1) is 11.9. The molecule has 0 saturated heterocycles. The Morgan fingerprint density at radius 3 is 2.71 bits per heavy atom. The average molecular weight is 332 g/mol. The van der Waals surface area contributed by atoms with Gasteiger partial charge < -0.3 is 4.74 Å². The molecule has 0 saturated carbocycles. The molecule has 4 heteroatoms. The summed E-state index contributed by atoms with van der Waals surface area (Å²) < 4.78 is 5.95. The van der Waals surface area contributed by atoms with Crippen molar-refractivity contribution in [2.45, 2.75) is 13.0 Å². The standard InChI is InChI=1S/C20H16N2OS/c1-2-6-15(7-3-1)12-19-22-17(14-24-19)13-23-18-10-4-8-16-9-5-11-21-20(16)18/h1-11,14H,12-13H2. The summed E-state index contributed by atoms with van der Waals surface area (Å²) in [6.45, 7) is 0.459. The lowest BCUT2D eigenvalue weighted by Gasteiger charge is -2.07. The van der Waals surface area contributed by atoms with Gasteiger partial charge in [-0.25, -0.2) is 4.98 Å². The van der Waals surface area contributed by atoms with E-state index in [9.17, 15) is 0 Å². The largest absolute Gasteiger partial charge is 0.485 e. The van der Waals surface area contributed by atoms with Crippen LogP contribution in [0, 0.1) is 0 Å². The Labute approximate surface area is 144 Å². The molecule has 2 aromatic carbocycles. The van der Waals surface area contributed by atoms with E-state index < -0.39 is 0 Å². The van der Waals surface area contributed by atoms with Crippen LogP contribution >= 0.6 is 11.3 Å². The highest BCUT2D eigenvalue weighted by Crippen LogP contribution is 2.24. The van der Waals surface area contributed by atoms with Gasteiger partial charge >= 0.3 is 0 Å². The van der Waals surface area contributed by atoms with Crippen LogP contribution in [0.2, 0.25) is 0 Å². The van der Waals surface area contributed by atoms with E-state index in [2.05, 4.69) is 39.6 Å². The molecule has 0 N–H and O–H groups in total. The maximum atomic E-state index is 5.95. The summed E-state index contributed by atoms with van der Waals surface area (Å²) in [7, 11) is 0. The molecule has 0 fully saturated rings. The molecule has 0 radical (unpaired) electrons. The Balaban J connectivity index is 1.46. The van der Waals surface area contributed by atoms with Crippen LogP contribution in [0.1, 0.15) is 16.3 Å². The average Bonchev–Trinajstić information content (AvgIpc) is 3.08. The van der Waals surface area contributed by atoms with Crippen molar-refractivity contribution >= 4 is 22.2 Å². The fourth-order valence-electron chi connectivity index (χ4n) is 2.61. The normalized spacial score (nSPS) is 10.8. The molecule has 2 heterocycles. The van der Waals surface area contributed by atoms with Crippen molar-refractivity contribution in [1.29, 1.82) is 0 Å². The van der Waals surface area contributed by atoms with Crippen LogP contribution in [0.5, 0.6) is 5.75 Å². The molecule has 0 aliphatic heterocycles. The van der Waals surface area contributed by atoms with Crippen LogP contribution < -0.4 is 4.74 Å². The Hall–Kier alpha value is -2.72. The van der Waals surface area contributed by atoms with E-state index in [4.69, 9.17) is 4.74 Å². The first-order valence-electron chi connectivity index (χ1n) is 7.82. The Kier molecular flexibility index (Phi) is 4.21. The second kappa shape index (κ2) is 6.81. The smallest absolute Gasteiger partial charge is 0.146 e. The molecular formula is C20H16N2OS. The molecule has 0 atom stereocenters.